The molecule has 1 atom stereocenters. The maximum Gasteiger partial charge on any atom is 0.227 e. The number of rotatable bonds is 6. The summed E-state index contributed by atoms with van der Waals surface area (Å²) in [5, 5.41) is 18.7. The molecule has 7 heteroatoms. The van der Waals surface area contributed by atoms with Gasteiger partial charge in [-0.05, 0) is 37.1 Å². The second-order valence-corrected chi connectivity index (χ2v) is 6.80. The van der Waals surface area contributed by atoms with Gasteiger partial charge in [-0.2, -0.15) is 0 Å². The zero-order valence-electron chi connectivity index (χ0n) is 13.8. The number of nitrogen functional groups attached to an aromatic ring is 1. The van der Waals surface area contributed by atoms with E-state index >= 15 is 0 Å². The molecule has 1 aromatic heterocycles. The first-order chi connectivity index (χ1) is 12.0. The van der Waals surface area contributed by atoms with Crippen LogP contribution >= 0.6 is 11.8 Å². The number of aryl methyl sites for hydroxylation is 1. The zero-order valence-corrected chi connectivity index (χ0v) is 14.6. The molecule has 0 bridgehead atoms. The highest BCUT2D eigenvalue weighted by molar-refractivity contribution is 7.99. The van der Waals surface area contributed by atoms with E-state index in [4.69, 9.17) is 5.73 Å². The monoisotopic (exact) mass is 358 g/mol. The Morgan fingerprint density at radius 1 is 1.20 bits per heavy atom. The fraction of sp³-hybridized carbons (Fsp3) is 0.222. The normalized spacial score (nSPS) is 12.3. The molecule has 1 heterocycles. The number of aromatic nitrogens is 3. The van der Waals surface area contributed by atoms with Gasteiger partial charge in [-0.25, -0.2) is 4.39 Å². The van der Waals surface area contributed by atoms with E-state index in [1.165, 1.54) is 23.9 Å². The Kier molecular flexibility index (Phi) is 5.35. The molecule has 0 saturated heterocycles. The van der Waals surface area contributed by atoms with Crippen LogP contribution in [-0.4, -0.2) is 31.7 Å². The van der Waals surface area contributed by atoms with Crippen molar-refractivity contribution in [3.8, 4) is 5.69 Å². The molecule has 3 rings (SSSR count). The molecule has 0 aliphatic carbocycles. The van der Waals surface area contributed by atoms with Crippen LogP contribution in [0.25, 0.3) is 5.69 Å². The summed E-state index contributed by atoms with van der Waals surface area (Å²) in [6.07, 6.45) is 0.0174. The number of anilines is 1. The standard InChI is InChI=1S/C18H19FN4OS/c1-12-4-2-5-13(8-12)9-16(24)11-25-18-22-21-17(20)23(18)15-7-3-6-14(19)10-15/h2-8,10,16,24H,9,11H2,1H3,(H2,20,21)/t16-/m0/s1. The molecule has 0 fully saturated rings. The topological polar surface area (TPSA) is 77.0 Å². The lowest BCUT2D eigenvalue weighted by Gasteiger charge is -2.12. The van der Waals surface area contributed by atoms with E-state index < -0.39 is 6.10 Å². The van der Waals surface area contributed by atoms with Crippen LogP contribution in [0.5, 0.6) is 0 Å². The first kappa shape index (κ1) is 17.4. The molecule has 25 heavy (non-hydrogen) atoms. The predicted molar refractivity (Wildman–Crippen MR) is 97.3 cm³/mol. The fourth-order valence-electron chi connectivity index (χ4n) is 2.57. The third-order valence-corrected chi connectivity index (χ3v) is 4.76. The minimum atomic E-state index is -0.536. The van der Waals surface area contributed by atoms with E-state index in [0.29, 0.717) is 23.0 Å². The first-order valence-corrected chi connectivity index (χ1v) is 8.85. The van der Waals surface area contributed by atoms with E-state index in [9.17, 15) is 9.50 Å². The van der Waals surface area contributed by atoms with Crippen LogP contribution in [0.4, 0.5) is 10.3 Å². The maximum absolute atomic E-state index is 13.5. The number of aliphatic hydroxyl groups excluding tert-OH is 1. The molecule has 130 valence electrons. The number of halogens is 1. The fourth-order valence-corrected chi connectivity index (χ4v) is 3.46. The van der Waals surface area contributed by atoms with Crippen molar-refractivity contribution in [3.63, 3.8) is 0 Å². The van der Waals surface area contributed by atoms with Gasteiger partial charge in [-0.15, -0.1) is 10.2 Å². The van der Waals surface area contributed by atoms with Gasteiger partial charge in [-0.1, -0.05) is 47.7 Å². The highest BCUT2D eigenvalue weighted by Crippen LogP contribution is 2.24. The molecule has 0 spiro atoms. The molecule has 3 aromatic rings. The lowest BCUT2D eigenvalue weighted by Crippen LogP contribution is -2.14. The molecule has 0 saturated carbocycles. The molecule has 0 radical (unpaired) electrons. The Balaban J connectivity index is 1.69. The van der Waals surface area contributed by atoms with Crippen LogP contribution in [0.3, 0.4) is 0 Å². The number of aliphatic hydroxyl groups is 1. The maximum atomic E-state index is 13.5. The van der Waals surface area contributed by atoms with Crippen molar-refractivity contribution in [3.05, 3.63) is 65.5 Å². The van der Waals surface area contributed by atoms with Gasteiger partial charge in [0.2, 0.25) is 5.95 Å². The lowest BCUT2D eigenvalue weighted by molar-refractivity contribution is 0.200. The van der Waals surface area contributed by atoms with Crippen molar-refractivity contribution >= 4 is 17.7 Å². The zero-order chi connectivity index (χ0) is 17.8. The summed E-state index contributed by atoms with van der Waals surface area (Å²) >= 11 is 1.34. The third kappa shape index (κ3) is 4.37. The van der Waals surface area contributed by atoms with Crippen molar-refractivity contribution in [2.75, 3.05) is 11.5 Å². The molecular weight excluding hydrogens is 339 g/mol. The second-order valence-electron chi connectivity index (χ2n) is 5.81. The van der Waals surface area contributed by atoms with Crippen LogP contribution < -0.4 is 5.73 Å². The average molecular weight is 358 g/mol. The summed E-state index contributed by atoms with van der Waals surface area (Å²) in [5.74, 6) is 0.254. The molecular formula is C18H19FN4OS. The summed E-state index contributed by atoms with van der Waals surface area (Å²) in [4.78, 5) is 0. The van der Waals surface area contributed by atoms with Gasteiger partial charge in [0.25, 0.3) is 0 Å². The number of hydrogen-bond acceptors (Lipinski definition) is 5. The molecule has 0 unspecified atom stereocenters. The highest BCUT2D eigenvalue weighted by Gasteiger charge is 2.15. The molecule has 3 N–H and O–H groups in total. The first-order valence-electron chi connectivity index (χ1n) is 7.86. The van der Waals surface area contributed by atoms with Gasteiger partial charge in [0.05, 0.1) is 11.8 Å². The van der Waals surface area contributed by atoms with Crippen molar-refractivity contribution in [2.45, 2.75) is 24.6 Å². The number of nitrogens with two attached hydrogens (primary N) is 1. The van der Waals surface area contributed by atoms with Crippen LogP contribution in [0, 0.1) is 12.7 Å². The van der Waals surface area contributed by atoms with Gasteiger partial charge in [0.1, 0.15) is 5.82 Å². The second kappa shape index (κ2) is 7.67. The van der Waals surface area contributed by atoms with E-state index in [1.54, 1.807) is 16.7 Å². The summed E-state index contributed by atoms with van der Waals surface area (Å²) in [5.41, 5.74) is 8.66. The Morgan fingerprint density at radius 2 is 2.00 bits per heavy atom. The van der Waals surface area contributed by atoms with E-state index in [-0.39, 0.29) is 11.8 Å². The molecule has 0 aliphatic heterocycles. The number of nitrogens with zero attached hydrogens (tertiary/aromatic N) is 3. The summed E-state index contributed by atoms with van der Waals surface area (Å²) in [7, 11) is 0. The van der Waals surface area contributed by atoms with E-state index in [2.05, 4.69) is 16.3 Å². The Morgan fingerprint density at radius 3 is 2.76 bits per heavy atom. The summed E-state index contributed by atoms with van der Waals surface area (Å²) in [6.45, 7) is 2.02. The van der Waals surface area contributed by atoms with Crippen molar-refractivity contribution in [1.29, 1.82) is 0 Å². The average Bonchev–Trinajstić information content (AvgIpc) is 2.94. The van der Waals surface area contributed by atoms with Crippen LogP contribution in [0.1, 0.15) is 11.1 Å². The molecule has 0 amide bonds. The molecule has 0 aliphatic rings. The minimum Gasteiger partial charge on any atom is -0.392 e. The minimum absolute atomic E-state index is 0.182. The van der Waals surface area contributed by atoms with Gasteiger partial charge in [0.15, 0.2) is 5.16 Å². The predicted octanol–water partition coefficient (Wildman–Crippen LogP) is 2.99. The van der Waals surface area contributed by atoms with Gasteiger partial charge in [0, 0.05) is 5.75 Å². The largest absolute Gasteiger partial charge is 0.392 e. The van der Waals surface area contributed by atoms with Gasteiger partial charge in [-0.3, -0.25) is 4.57 Å². The number of thioether (sulfide) groups is 1. The van der Waals surface area contributed by atoms with Crippen LogP contribution in [-0.2, 0) is 6.42 Å². The van der Waals surface area contributed by atoms with E-state index in [1.807, 2.05) is 25.1 Å². The van der Waals surface area contributed by atoms with Gasteiger partial charge >= 0.3 is 0 Å². The summed E-state index contributed by atoms with van der Waals surface area (Å²) < 4.78 is 15.0. The molecule has 5 nitrogen and oxygen atoms in total. The Bertz CT molecular complexity index is 868. The Hall–Kier alpha value is -2.38. The smallest absolute Gasteiger partial charge is 0.227 e. The number of benzene rings is 2. The van der Waals surface area contributed by atoms with Crippen LogP contribution in [0.15, 0.2) is 53.7 Å². The third-order valence-electron chi connectivity index (χ3n) is 3.68. The van der Waals surface area contributed by atoms with Crippen LogP contribution in [0.2, 0.25) is 0 Å². The van der Waals surface area contributed by atoms with Crippen molar-refractivity contribution < 1.29 is 9.50 Å². The lowest BCUT2D eigenvalue weighted by atomic mass is 10.1. The van der Waals surface area contributed by atoms with E-state index in [0.717, 1.165) is 11.1 Å². The van der Waals surface area contributed by atoms with Crippen molar-refractivity contribution in [2.24, 2.45) is 0 Å². The quantitative estimate of drug-likeness (QED) is 0.663. The number of hydrogen-bond donors (Lipinski definition) is 2. The Labute approximate surface area is 149 Å². The highest BCUT2D eigenvalue weighted by atomic mass is 32.2. The van der Waals surface area contributed by atoms with Crippen molar-refractivity contribution in [1.82, 2.24) is 14.8 Å². The SMILES string of the molecule is Cc1cccc(C[C@H](O)CSc2nnc(N)n2-c2cccc(F)c2)c1. The summed E-state index contributed by atoms with van der Waals surface area (Å²) in [6, 6.07) is 14.1. The van der Waals surface area contributed by atoms with Gasteiger partial charge < -0.3 is 10.8 Å². The molecule has 2 aromatic carbocycles.